The lowest BCUT2D eigenvalue weighted by atomic mass is 9.74. The predicted molar refractivity (Wildman–Crippen MR) is 76.6 cm³/mol. The smallest absolute Gasteiger partial charge is 0.251 e. The molecule has 2 heteroatoms. The lowest BCUT2D eigenvalue weighted by Crippen LogP contribution is -2.38. The second-order valence-corrected chi connectivity index (χ2v) is 6.29. The second-order valence-electron chi connectivity index (χ2n) is 6.29. The number of hydrogen-bond acceptors (Lipinski definition) is 1. The molecule has 0 spiro atoms. The summed E-state index contributed by atoms with van der Waals surface area (Å²) < 4.78 is 0. The number of carbonyl (C=O) groups excluding carboxylic acids is 1. The maximum atomic E-state index is 12.0. The van der Waals surface area contributed by atoms with Gasteiger partial charge in [-0.25, -0.2) is 0 Å². The number of amides is 1. The van der Waals surface area contributed by atoms with Crippen LogP contribution in [0.2, 0.25) is 0 Å². The Morgan fingerprint density at radius 1 is 1.17 bits per heavy atom. The zero-order valence-corrected chi connectivity index (χ0v) is 12.2. The molecule has 18 heavy (non-hydrogen) atoms. The van der Waals surface area contributed by atoms with E-state index in [2.05, 4.69) is 39.9 Å². The van der Waals surface area contributed by atoms with Crippen LogP contribution in [0.4, 0.5) is 0 Å². The number of rotatable bonds is 4. The van der Waals surface area contributed by atoms with E-state index in [1.54, 1.807) is 0 Å². The van der Waals surface area contributed by atoms with Gasteiger partial charge in [0.25, 0.3) is 5.91 Å². The van der Waals surface area contributed by atoms with E-state index in [1.165, 1.54) is 0 Å². The van der Waals surface area contributed by atoms with Crippen molar-refractivity contribution in [1.29, 1.82) is 0 Å². The Hall–Kier alpha value is -1.31. The summed E-state index contributed by atoms with van der Waals surface area (Å²) in [5.74, 6) is 1.05. The number of carbonyl (C=O) groups is 1. The number of benzene rings is 1. The van der Waals surface area contributed by atoms with Gasteiger partial charge in [0.2, 0.25) is 0 Å². The van der Waals surface area contributed by atoms with E-state index in [9.17, 15) is 4.79 Å². The van der Waals surface area contributed by atoms with Crippen LogP contribution in [0, 0.1) is 17.3 Å². The van der Waals surface area contributed by atoms with Gasteiger partial charge in [-0.2, -0.15) is 0 Å². The normalized spacial score (nSPS) is 13.4. The lowest BCUT2D eigenvalue weighted by molar-refractivity contribution is 0.0917. The molecule has 0 fully saturated rings. The highest BCUT2D eigenvalue weighted by molar-refractivity contribution is 5.94. The third-order valence-electron chi connectivity index (χ3n) is 3.44. The van der Waals surface area contributed by atoms with Crippen molar-refractivity contribution in [3.05, 3.63) is 35.9 Å². The minimum Gasteiger partial charge on any atom is -0.352 e. The fourth-order valence-electron chi connectivity index (χ4n) is 2.44. The summed E-state index contributed by atoms with van der Waals surface area (Å²) in [6, 6.07) is 9.38. The summed E-state index contributed by atoms with van der Waals surface area (Å²) in [5.41, 5.74) is 0.937. The summed E-state index contributed by atoms with van der Waals surface area (Å²) in [6.07, 6.45) is 0. The van der Waals surface area contributed by atoms with E-state index < -0.39 is 0 Å². The average Bonchev–Trinajstić information content (AvgIpc) is 2.28. The predicted octanol–water partition coefficient (Wildman–Crippen LogP) is 3.73. The van der Waals surface area contributed by atoms with Crippen molar-refractivity contribution in [2.24, 2.45) is 17.3 Å². The molecule has 0 bridgehead atoms. The molecule has 1 N–H and O–H groups in total. The van der Waals surface area contributed by atoms with Crippen LogP contribution >= 0.6 is 0 Å². The topological polar surface area (TPSA) is 29.1 Å². The van der Waals surface area contributed by atoms with Crippen LogP contribution in [0.3, 0.4) is 0 Å². The maximum absolute atomic E-state index is 12.0. The van der Waals surface area contributed by atoms with Gasteiger partial charge in [-0.3, -0.25) is 4.79 Å². The minimum absolute atomic E-state index is 0.0190. The van der Waals surface area contributed by atoms with Gasteiger partial charge in [0.05, 0.1) is 0 Å². The number of nitrogens with one attached hydrogen (secondary N) is 1. The molecule has 0 radical (unpaired) electrons. The Morgan fingerprint density at radius 2 is 1.72 bits per heavy atom. The van der Waals surface area contributed by atoms with Crippen molar-refractivity contribution in [2.75, 3.05) is 6.54 Å². The first kappa shape index (κ1) is 14.7. The van der Waals surface area contributed by atoms with Crippen molar-refractivity contribution in [2.45, 2.75) is 34.6 Å². The van der Waals surface area contributed by atoms with Gasteiger partial charge in [0, 0.05) is 12.1 Å². The van der Waals surface area contributed by atoms with Crippen LogP contribution in [0.15, 0.2) is 30.3 Å². The third-order valence-corrected chi connectivity index (χ3v) is 3.44. The zero-order chi connectivity index (χ0) is 13.8. The molecule has 0 aliphatic carbocycles. The summed E-state index contributed by atoms with van der Waals surface area (Å²) in [5, 5.41) is 3.05. The van der Waals surface area contributed by atoms with E-state index in [0.717, 1.165) is 12.1 Å². The molecule has 0 aromatic heterocycles. The maximum Gasteiger partial charge on any atom is 0.251 e. The highest BCUT2D eigenvalue weighted by atomic mass is 16.1. The lowest BCUT2D eigenvalue weighted by Gasteiger charge is -2.34. The number of hydrogen-bond donors (Lipinski definition) is 1. The van der Waals surface area contributed by atoms with E-state index >= 15 is 0 Å². The van der Waals surface area contributed by atoms with E-state index in [4.69, 9.17) is 0 Å². The standard InChI is InChI=1S/C16H25NO/c1-12(2)14(16(3,4)5)11-17-15(18)13-9-7-6-8-10-13/h6-10,12,14H,11H2,1-5H3,(H,17,18). The summed E-state index contributed by atoms with van der Waals surface area (Å²) in [6.45, 7) is 11.8. The first-order valence-electron chi connectivity index (χ1n) is 6.65. The van der Waals surface area contributed by atoms with Crippen LogP contribution in [0.25, 0.3) is 0 Å². The Kier molecular flexibility index (Phi) is 4.94. The van der Waals surface area contributed by atoms with Crippen molar-refractivity contribution in [1.82, 2.24) is 5.32 Å². The summed E-state index contributed by atoms with van der Waals surface area (Å²) in [4.78, 5) is 12.0. The Balaban J connectivity index is 2.61. The van der Waals surface area contributed by atoms with Crippen LogP contribution in [-0.4, -0.2) is 12.5 Å². The second kappa shape index (κ2) is 6.03. The van der Waals surface area contributed by atoms with Crippen LogP contribution < -0.4 is 5.32 Å². The van der Waals surface area contributed by atoms with Crippen LogP contribution in [0.5, 0.6) is 0 Å². The van der Waals surface area contributed by atoms with Crippen molar-refractivity contribution < 1.29 is 4.79 Å². The molecule has 0 aliphatic heterocycles. The van der Waals surface area contributed by atoms with E-state index in [1.807, 2.05) is 30.3 Å². The Bertz CT molecular complexity index is 376. The van der Waals surface area contributed by atoms with Crippen molar-refractivity contribution >= 4 is 5.91 Å². The average molecular weight is 247 g/mol. The molecule has 1 aromatic carbocycles. The van der Waals surface area contributed by atoms with E-state index in [0.29, 0.717) is 11.8 Å². The molecule has 1 atom stereocenters. The highest BCUT2D eigenvalue weighted by Crippen LogP contribution is 2.31. The van der Waals surface area contributed by atoms with Crippen LogP contribution in [-0.2, 0) is 0 Å². The minimum atomic E-state index is 0.0190. The fraction of sp³-hybridized carbons (Fsp3) is 0.562. The molecule has 0 aliphatic rings. The van der Waals surface area contributed by atoms with Crippen LogP contribution in [0.1, 0.15) is 45.0 Å². The fourth-order valence-corrected chi connectivity index (χ4v) is 2.44. The molecule has 2 nitrogen and oxygen atoms in total. The summed E-state index contributed by atoms with van der Waals surface area (Å²) in [7, 11) is 0. The van der Waals surface area contributed by atoms with Gasteiger partial charge in [-0.1, -0.05) is 52.8 Å². The molecule has 0 heterocycles. The van der Waals surface area contributed by atoms with Gasteiger partial charge in [-0.15, -0.1) is 0 Å². The molecule has 100 valence electrons. The quantitative estimate of drug-likeness (QED) is 0.863. The Labute approximate surface area is 111 Å². The molecule has 1 amide bonds. The summed E-state index contributed by atoms with van der Waals surface area (Å²) >= 11 is 0. The first-order valence-corrected chi connectivity index (χ1v) is 6.65. The van der Waals surface area contributed by atoms with Crippen molar-refractivity contribution in [3.8, 4) is 0 Å². The Morgan fingerprint density at radius 3 is 2.17 bits per heavy atom. The molecule has 1 aromatic rings. The van der Waals surface area contributed by atoms with Crippen molar-refractivity contribution in [3.63, 3.8) is 0 Å². The van der Waals surface area contributed by atoms with Gasteiger partial charge in [0.1, 0.15) is 0 Å². The third kappa shape index (κ3) is 4.17. The molecule has 1 rings (SSSR count). The largest absolute Gasteiger partial charge is 0.352 e. The van der Waals surface area contributed by atoms with Gasteiger partial charge < -0.3 is 5.32 Å². The molecular weight excluding hydrogens is 222 g/mol. The molecule has 1 unspecified atom stereocenters. The van der Waals surface area contributed by atoms with Gasteiger partial charge in [-0.05, 0) is 29.4 Å². The highest BCUT2D eigenvalue weighted by Gasteiger charge is 2.27. The molecular formula is C16H25NO. The zero-order valence-electron chi connectivity index (χ0n) is 12.2. The van der Waals surface area contributed by atoms with Gasteiger partial charge >= 0.3 is 0 Å². The molecule has 0 saturated carbocycles. The monoisotopic (exact) mass is 247 g/mol. The van der Waals surface area contributed by atoms with Gasteiger partial charge in [0.15, 0.2) is 0 Å². The first-order chi connectivity index (χ1) is 8.32. The SMILES string of the molecule is CC(C)C(CNC(=O)c1ccccc1)C(C)(C)C. The van der Waals surface area contributed by atoms with E-state index in [-0.39, 0.29) is 11.3 Å². The molecule has 0 saturated heterocycles.